The molecule has 3 aromatic heterocycles. The third-order valence-corrected chi connectivity index (χ3v) is 4.73. The first-order valence-electron chi connectivity index (χ1n) is 9.89. The molecule has 4 rings (SSSR count). The second-order valence-electron chi connectivity index (χ2n) is 7.10. The van der Waals surface area contributed by atoms with Crippen molar-refractivity contribution in [2.45, 2.75) is 12.8 Å². The van der Waals surface area contributed by atoms with E-state index in [1.54, 1.807) is 6.07 Å². The molecule has 0 saturated carbocycles. The molecule has 5 N–H and O–H groups in total. The van der Waals surface area contributed by atoms with E-state index in [4.69, 9.17) is 11.5 Å². The van der Waals surface area contributed by atoms with Gasteiger partial charge in [0.2, 0.25) is 11.5 Å². The molecule has 3 heterocycles. The summed E-state index contributed by atoms with van der Waals surface area (Å²) in [4.78, 5) is 31.4. The topological polar surface area (TPSA) is 136 Å². The summed E-state index contributed by atoms with van der Waals surface area (Å²) in [5.41, 5.74) is 14.4. The number of H-pyrrole nitrogens is 1. The van der Waals surface area contributed by atoms with Crippen LogP contribution >= 0.6 is 0 Å². The summed E-state index contributed by atoms with van der Waals surface area (Å²) in [6.07, 6.45) is 0.223. The number of hydrogen-bond donors (Lipinski definition) is 3. The van der Waals surface area contributed by atoms with E-state index in [9.17, 15) is 13.6 Å². The highest BCUT2D eigenvalue weighted by Gasteiger charge is 2.18. The lowest BCUT2D eigenvalue weighted by atomic mass is 10.0. The van der Waals surface area contributed by atoms with Gasteiger partial charge in [0.15, 0.2) is 5.82 Å². The Morgan fingerprint density at radius 2 is 1.85 bits per heavy atom. The molecule has 0 fully saturated rings. The molecular formula is C23H19F2N7O. The predicted octanol–water partition coefficient (Wildman–Crippen LogP) is 3.65. The lowest BCUT2D eigenvalue weighted by Crippen LogP contribution is -2.16. The number of nitrogens with one attached hydrogen (secondary N) is 1. The number of anilines is 1. The summed E-state index contributed by atoms with van der Waals surface area (Å²) < 4.78 is 26.0. The van der Waals surface area contributed by atoms with Crippen LogP contribution in [0, 0.1) is 0 Å². The van der Waals surface area contributed by atoms with Crippen molar-refractivity contribution in [2.24, 2.45) is 10.7 Å². The summed E-state index contributed by atoms with van der Waals surface area (Å²) in [6.45, 7) is 0. The first-order valence-corrected chi connectivity index (χ1v) is 9.89. The molecule has 0 aliphatic heterocycles. The Balaban J connectivity index is 1.83. The highest BCUT2D eigenvalue weighted by atomic mass is 19.3. The maximum atomic E-state index is 13.0. The van der Waals surface area contributed by atoms with Crippen molar-refractivity contribution < 1.29 is 8.78 Å². The first-order chi connectivity index (χ1) is 15.9. The molecule has 0 unspecified atom stereocenters. The molecule has 4 aromatic rings. The normalized spacial score (nSPS) is 11.7. The summed E-state index contributed by atoms with van der Waals surface area (Å²) >= 11 is 0. The third kappa shape index (κ3) is 5.06. The van der Waals surface area contributed by atoms with Crippen LogP contribution in [0.2, 0.25) is 0 Å². The van der Waals surface area contributed by atoms with Crippen LogP contribution in [0.5, 0.6) is 0 Å². The molecule has 0 radical (unpaired) electrons. The zero-order valence-electron chi connectivity index (χ0n) is 17.2. The number of nitrogens with two attached hydrogens (primary N) is 2. The second-order valence-corrected chi connectivity index (χ2v) is 7.10. The van der Waals surface area contributed by atoms with E-state index in [2.05, 4.69) is 24.9 Å². The van der Waals surface area contributed by atoms with Crippen molar-refractivity contribution in [3.8, 4) is 22.4 Å². The minimum absolute atomic E-state index is 0.0219. The highest BCUT2D eigenvalue weighted by Crippen LogP contribution is 2.37. The van der Waals surface area contributed by atoms with E-state index in [-0.39, 0.29) is 35.1 Å². The van der Waals surface area contributed by atoms with Gasteiger partial charge in [0.1, 0.15) is 5.84 Å². The zero-order chi connectivity index (χ0) is 23.4. The molecule has 0 aliphatic carbocycles. The maximum absolute atomic E-state index is 13.0. The average molecular weight is 447 g/mol. The largest absolute Gasteiger partial charge is 0.387 e. The molecule has 8 nitrogen and oxygen atoms in total. The van der Waals surface area contributed by atoms with Crippen molar-refractivity contribution in [3.05, 3.63) is 88.6 Å². The molecular weight excluding hydrogens is 428 g/mol. The van der Waals surface area contributed by atoms with Gasteiger partial charge in [-0.15, -0.1) is 0 Å². The molecule has 10 heteroatoms. The number of aromatic nitrogens is 4. The first kappa shape index (κ1) is 21.8. The number of aliphatic imine (C=N–C) groups is 1. The van der Waals surface area contributed by atoms with Gasteiger partial charge in [0.25, 0.3) is 6.43 Å². The maximum Gasteiger partial charge on any atom is 0.263 e. The number of benzene rings is 1. The van der Waals surface area contributed by atoms with Gasteiger partial charge >= 0.3 is 0 Å². The van der Waals surface area contributed by atoms with Gasteiger partial charge < -0.3 is 16.5 Å². The van der Waals surface area contributed by atoms with Crippen molar-refractivity contribution in [2.75, 3.05) is 5.73 Å². The van der Waals surface area contributed by atoms with Crippen LogP contribution in [-0.4, -0.2) is 25.8 Å². The van der Waals surface area contributed by atoms with Crippen LogP contribution in [0.15, 0.2) is 76.8 Å². The summed E-state index contributed by atoms with van der Waals surface area (Å²) in [6, 6.07) is 14.8. The lowest BCUT2D eigenvalue weighted by molar-refractivity contribution is 0.151. The third-order valence-electron chi connectivity index (χ3n) is 4.73. The number of nitrogen functional groups attached to an aromatic ring is 1. The second kappa shape index (κ2) is 9.35. The quantitative estimate of drug-likeness (QED) is 0.305. The number of halogens is 2. The smallest absolute Gasteiger partial charge is 0.263 e. The van der Waals surface area contributed by atoms with Crippen molar-refractivity contribution in [3.63, 3.8) is 0 Å². The van der Waals surface area contributed by atoms with Gasteiger partial charge in [-0.1, -0.05) is 30.3 Å². The summed E-state index contributed by atoms with van der Waals surface area (Å²) in [7, 11) is 0. The van der Waals surface area contributed by atoms with Crippen LogP contribution in [0.1, 0.15) is 17.7 Å². The number of pyridine rings is 2. The van der Waals surface area contributed by atoms with E-state index in [1.165, 1.54) is 30.6 Å². The molecule has 0 spiro atoms. The number of hydrogen-bond acceptors (Lipinski definition) is 6. The molecule has 1 aromatic carbocycles. The van der Waals surface area contributed by atoms with Gasteiger partial charge in [-0.05, 0) is 18.2 Å². The highest BCUT2D eigenvalue weighted by molar-refractivity contribution is 5.92. The summed E-state index contributed by atoms with van der Waals surface area (Å²) in [5.74, 6) is 0.249. The molecule has 0 aliphatic rings. The van der Waals surface area contributed by atoms with Crippen molar-refractivity contribution >= 4 is 17.6 Å². The van der Waals surface area contributed by atoms with E-state index >= 15 is 0 Å². The van der Waals surface area contributed by atoms with Crippen LogP contribution < -0.4 is 17.0 Å². The Bertz CT molecular complexity index is 1350. The van der Waals surface area contributed by atoms with Crippen molar-refractivity contribution in [1.29, 1.82) is 0 Å². The zero-order valence-corrected chi connectivity index (χ0v) is 17.2. The Labute approximate surface area is 187 Å². The van der Waals surface area contributed by atoms with Crippen LogP contribution in [0.4, 0.5) is 20.5 Å². The predicted molar refractivity (Wildman–Crippen MR) is 122 cm³/mol. The van der Waals surface area contributed by atoms with Gasteiger partial charge in [0.05, 0.1) is 11.3 Å². The Kier molecular flexibility index (Phi) is 6.16. The average Bonchev–Trinajstić information content (AvgIpc) is 2.80. The van der Waals surface area contributed by atoms with Crippen LogP contribution in [-0.2, 0) is 6.42 Å². The van der Waals surface area contributed by atoms with Crippen LogP contribution in [0.25, 0.3) is 22.4 Å². The molecule has 166 valence electrons. The minimum Gasteiger partial charge on any atom is -0.387 e. The monoisotopic (exact) mass is 447 g/mol. The standard InChI is InChI=1S/C23H19F2N7O/c24-21(25)14-8-9-28-16(10-14)11-17(26)30-22-19(15-6-7-18(33)29-12-15)20(31-23(27)32-22)13-4-2-1-3-5-13/h1-10,12,21H,11H2,(H,29,33)(H4,26,27,30,31,32). The number of alkyl halides is 2. The van der Waals surface area contributed by atoms with Crippen LogP contribution in [0.3, 0.4) is 0 Å². The Morgan fingerprint density at radius 3 is 2.55 bits per heavy atom. The minimum atomic E-state index is -2.62. The van der Waals surface area contributed by atoms with Gasteiger partial charge in [-0.25, -0.2) is 18.8 Å². The fourth-order valence-corrected chi connectivity index (χ4v) is 3.27. The SMILES string of the molecule is NC(Cc1cc(C(F)F)ccn1)=Nc1nc(N)nc(-c2ccccc2)c1-c1ccc(=O)[nH]c1. The van der Waals surface area contributed by atoms with E-state index < -0.39 is 6.43 Å². The van der Waals surface area contributed by atoms with Crippen molar-refractivity contribution in [1.82, 2.24) is 19.9 Å². The number of nitrogens with zero attached hydrogens (tertiary/aromatic N) is 4. The molecule has 0 atom stereocenters. The summed E-state index contributed by atoms with van der Waals surface area (Å²) in [5, 5.41) is 0. The fourth-order valence-electron chi connectivity index (χ4n) is 3.27. The van der Waals surface area contributed by atoms with Gasteiger partial charge in [0, 0.05) is 47.3 Å². The van der Waals surface area contributed by atoms with E-state index in [1.807, 2.05) is 30.3 Å². The fraction of sp³-hybridized carbons (Fsp3) is 0.0870. The van der Waals surface area contributed by atoms with Gasteiger partial charge in [-0.3, -0.25) is 9.78 Å². The van der Waals surface area contributed by atoms with E-state index in [0.29, 0.717) is 22.5 Å². The Hall–Kier alpha value is -4.47. The molecule has 0 amide bonds. The van der Waals surface area contributed by atoms with Gasteiger partial charge in [-0.2, -0.15) is 4.98 Å². The Morgan fingerprint density at radius 1 is 1.06 bits per heavy atom. The lowest BCUT2D eigenvalue weighted by Gasteiger charge is -2.13. The van der Waals surface area contributed by atoms with E-state index in [0.717, 1.165) is 5.56 Å². The number of aromatic amines is 1. The number of amidine groups is 1. The molecule has 0 saturated heterocycles. The molecule has 0 bridgehead atoms. The molecule has 33 heavy (non-hydrogen) atoms. The number of rotatable bonds is 6.